The van der Waals surface area contributed by atoms with E-state index in [0.717, 1.165) is 0 Å². The Kier molecular flexibility index (Phi) is 5.16. The molecule has 1 N–H and O–H groups in total. The van der Waals surface area contributed by atoms with Gasteiger partial charge in [0.25, 0.3) is 0 Å². The van der Waals surface area contributed by atoms with Crippen molar-refractivity contribution in [3.8, 4) is 5.75 Å². The second kappa shape index (κ2) is 6.76. The Morgan fingerprint density at radius 3 is 2.52 bits per heavy atom. The van der Waals surface area contributed by atoms with Gasteiger partial charge < -0.3 is 9.84 Å². The van der Waals surface area contributed by atoms with E-state index in [4.69, 9.17) is 27.9 Å². The van der Waals surface area contributed by atoms with Crippen molar-refractivity contribution in [3.63, 3.8) is 0 Å². The van der Waals surface area contributed by atoms with Gasteiger partial charge in [0.2, 0.25) is 11.3 Å². The molecule has 1 fully saturated rings. The summed E-state index contributed by atoms with van der Waals surface area (Å²) in [6.45, 7) is 1.61. The molecular weight excluding hydrogens is 345 g/mol. The highest BCUT2D eigenvalue weighted by Crippen LogP contribution is 2.50. The molecule has 4 atom stereocenters. The first-order chi connectivity index (χ1) is 10.8. The third kappa shape index (κ3) is 3.01. The Bertz CT molecular complexity index is 636. The summed E-state index contributed by atoms with van der Waals surface area (Å²) in [6, 6.07) is 8.30. The lowest BCUT2D eigenvalue weighted by Crippen LogP contribution is -2.72. The number of aliphatic carboxylic acids is 1. The molecule has 0 radical (unpaired) electrons. The Balaban J connectivity index is 2.43. The number of allylic oxidation sites excluding steroid dienone is 1. The number of alkyl halides is 2. The van der Waals surface area contributed by atoms with E-state index in [2.05, 4.69) is 0 Å². The first kappa shape index (κ1) is 17.6. The summed E-state index contributed by atoms with van der Waals surface area (Å²) in [5, 5.41) is 18.9. The zero-order chi connectivity index (χ0) is 17.2. The molecule has 1 aliphatic rings. The molecule has 1 aromatic rings. The van der Waals surface area contributed by atoms with Gasteiger partial charge in [-0.15, -0.1) is 23.2 Å². The molecule has 0 amide bonds. The van der Waals surface area contributed by atoms with Gasteiger partial charge >= 0.3 is 5.97 Å². The van der Waals surface area contributed by atoms with Crippen LogP contribution >= 0.6 is 23.2 Å². The second-order valence-electron chi connectivity index (χ2n) is 5.15. The fourth-order valence-electron chi connectivity index (χ4n) is 2.56. The Labute approximate surface area is 142 Å². The summed E-state index contributed by atoms with van der Waals surface area (Å²) >= 11 is 12.3. The van der Waals surface area contributed by atoms with E-state index in [0.29, 0.717) is 5.75 Å². The molecule has 0 aliphatic heterocycles. The molecule has 0 aromatic heterocycles. The summed E-state index contributed by atoms with van der Waals surface area (Å²) in [5.74, 6) is -1.91. The van der Waals surface area contributed by atoms with Crippen LogP contribution in [0, 0.1) is 16.0 Å². The molecule has 0 saturated heterocycles. The van der Waals surface area contributed by atoms with Gasteiger partial charge in [0.15, 0.2) is 0 Å². The van der Waals surface area contributed by atoms with E-state index in [9.17, 15) is 20.0 Å². The van der Waals surface area contributed by atoms with E-state index in [1.54, 1.807) is 37.3 Å². The van der Waals surface area contributed by atoms with Crippen molar-refractivity contribution in [2.75, 3.05) is 0 Å². The monoisotopic (exact) mass is 359 g/mol. The number of nitrogens with zero attached hydrogens (tertiary/aromatic N) is 1. The van der Waals surface area contributed by atoms with Crippen LogP contribution in [0.5, 0.6) is 5.75 Å². The Hall–Kier alpha value is -1.79. The molecule has 124 valence electrons. The zero-order valence-electron chi connectivity index (χ0n) is 12.2. The minimum Gasteiger partial charge on any atom is -0.478 e. The van der Waals surface area contributed by atoms with Gasteiger partial charge in [0.05, 0.1) is 16.2 Å². The smallest absolute Gasteiger partial charge is 0.350 e. The van der Waals surface area contributed by atoms with Gasteiger partial charge in [-0.3, -0.25) is 10.1 Å². The summed E-state index contributed by atoms with van der Waals surface area (Å²) in [7, 11) is 0. The number of nitro groups is 1. The van der Waals surface area contributed by atoms with Crippen LogP contribution in [0.4, 0.5) is 0 Å². The number of carboxylic acid groups (broad SMARTS) is 1. The van der Waals surface area contributed by atoms with E-state index >= 15 is 0 Å². The van der Waals surface area contributed by atoms with Crippen molar-refractivity contribution in [2.45, 2.75) is 29.7 Å². The molecule has 1 aliphatic carbocycles. The lowest BCUT2D eigenvalue weighted by Gasteiger charge is -2.51. The van der Waals surface area contributed by atoms with Gasteiger partial charge in [-0.2, -0.15) is 0 Å². The Morgan fingerprint density at radius 1 is 1.43 bits per heavy atom. The number of para-hydroxylation sites is 1. The van der Waals surface area contributed by atoms with E-state index in [1.165, 1.54) is 6.08 Å². The predicted molar refractivity (Wildman–Crippen MR) is 85.6 cm³/mol. The highest BCUT2D eigenvalue weighted by molar-refractivity contribution is 6.34. The maximum absolute atomic E-state index is 11.8. The number of rotatable bonds is 6. The number of ether oxygens (including phenoxy) is 1. The van der Waals surface area contributed by atoms with E-state index in [-0.39, 0.29) is 12.1 Å². The third-order valence-electron chi connectivity index (χ3n) is 3.86. The first-order valence-corrected chi connectivity index (χ1v) is 7.82. The molecule has 1 saturated carbocycles. The van der Waals surface area contributed by atoms with Crippen molar-refractivity contribution >= 4 is 29.2 Å². The van der Waals surface area contributed by atoms with Crippen molar-refractivity contribution in [1.29, 1.82) is 0 Å². The van der Waals surface area contributed by atoms with Gasteiger partial charge in [-0.05, 0) is 18.2 Å². The number of hydrogen-bond acceptors (Lipinski definition) is 4. The summed E-state index contributed by atoms with van der Waals surface area (Å²) in [5.41, 5.74) is -1.96. The fourth-order valence-corrected chi connectivity index (χ4v) is 3.45. The lowest BCUT2D eigenvalue weighted by atomic mass is 9.67. The largest absolute Gasteiger partial charge is 0.478 e. The van der Waals surface area contributed by atoms with Crippen LogP contribution in [0.15, 0.2) is 42.1 Å². The maximum Gasteiger partial charge on any atom is 0.350 e. The topological polar surface area (TPSA) is 89.7 Å². The number of benzene rings is 1. The van der Waals surface area contributed by atoms with Crippen LogP contribution in [0.25, 0.3) is 0 Å². The van der Waals surface area contributed by atoms with Crippen molar-refractivity contribution in [2.24, 2.45) is 5.92 Å². The predicted octanol–water partition coefficient (Wildman–Crippen LogP) is 3.30. The second-order valence-corrected chi connectivity index (χ2v) is 6.13. The molecule has 2 rings (SSSR count). The molecule has 0 spiro atoms. The molecule has 0 heterocycles. The van der Waals surface area contributed by atoms with Gasteiger partial charge in [0, 0.05) is 6.42 Å². The number of carbonyl (C=O) groups is 1. The molecular formula is C15H15Cl2NO5. The van der Waals surface area contributed by atoms with Gasteiger partial charge in [-0.25, -0.2) is 4.79 Å². The van der Waals surface area contributed by atoms with E-state index < -0.39 is 33.2 Å². The Morgan fingerprint density at radius 2 is 2.04 bits per heavy atom. The normalized spacial score (nSPS) is 30.4. The maximum atomic E-state index is 11.8. The summed E-state index contributed by atoms with van der Waals surface area (Å²) < 4.78 is 5.64. The van der Waals surface area contributed by atoms with Crippen LogP contribution in [-0.2, 0) is 4.79 Å². The molecule has 8 heteroatoms. The van der Waals surface area contributed by atoms with Crippen LogP contribution in [0.1, 0.15) is 13.3 Å². The van der Waals surface area contributed by atoms with Crippen LogP contribution < -0.4 is 4.74 Å². The van der Waals surface area contributed by atoms with Crippen LogP contribution in [0.3, 0.4) is 0 Å². The molecule has 23 heavy (non-hydrogen) atoms. The zero-order valence-corrected chi connectivity index (χ0v) is 13.7. The molecule has 6 nitrogen and oxygen atoms in total. The third-order valence-corrected chi connectivity index (χ3v) is 5.11. The highest BCUT2D eigenvalue weighted by Gasteiger charge is 2.68. The van der Waals surface area contributed by atoms with Gasteiger partial charge in [0.1, 0.15) is 11.1 Å². The van der Waals surface area contributed by atoms with Gasteiger partial charge in [-0.1, -0.05) is 25.1 Å². The molecule has 4 unspecified atom stereocenters. The highest BCUT2D eigenvalue weighted by atomic mass is 35.5. The minimum atomic E-state index is -1.84. The lowest BCUT2D eigenvalue weighted by molar-refractivity contribution is -0.428. The van der Waals surface area contributed by atoms with Crippen LogP contribution in [0.2, 0.25) is 0 Å². The van der Waals surface area contributed by atoms with Crippen molar-refractivity contribution in [3.05, 3.63) is 52.2 Å². The fraction of sp³-hybridized carbons (Fsp3) is 0.400. The molecule has 1 aromatic carbocycles. The van der Waals surface area contributed by atoms with E-state index in [1.807, 2.05) is 0 Å². The SMILES string of the molecule is CCC(=CC1C(Cl)C(Cl)C1(Oc1ccccc1)C(=O)O)[N+](=O)[O-]. The first-order valence-electron chi connectivity index (χ1n) is 6.95. The number of carboxylic acids is 1. The average Bonchev–Trinajstić information content (AvgIpc) is 2.53. The number of hydrogen-bond donors (Lipinski definition) is 1. The van der Waals surface area contributed by atoms with Crippen molar-refractivity contribution < 1.29 is 19.6 Å². The van der Waals surface area contributed by atoms with Crippen molar-refractivity contribution in [1.82, 2.24) is 0 Å². The summed E-state index contributed by atoms with van der Waals surface area (Å²) in [6.07, 6.45) is 1.38. The summed E-state index contributed by atoms with van der Waals surface area (Å²) in [4.78, 5) is 22.3. The molecule has 0 bridgehead atoms. The van der Waals surface area contributed by atoms with Crippen LogP contribution in [-0.4, -0.2) is 32.4 Å². The number of halogens is 2. The minimum absolute atomic E-state index is 0.119. The average molecular weight is 360 g/mol. The standard InChI is InChI=1S/C15H15Cl2NO5/c1-2-9(18(21)22)8-11-12(16)13(17)15(11,14(19)20)23-10-6-4-3-5-7-10/h3-8,11-13H,2H2,1H3,(H,19,20). The quantitative estimate of drug-likeness (QED) is 0.478.